The van der Waals surface area contributed by atoms with Gasteiger partial charge in [0.2, 0.25) is 0 Å². The van der Waals surface area contributed by atoms with Gasteiger partial charge in [-0.1, -0.05) is 42.5 Å². The molecule has 0 radical (unpaired) electrons. The molecule has 0 unspecified atom stereocenters. The number of hydrogen-bond donors (Lipinski definition) is 0. The van der Waals surface area contributed by atoms with Gasteiger partial charge in [0.15, 0.2) is 12.3 Å². The summed E-state index contributed by atoms with van der Waals surface area (Å²) in [6, 6.07) is 11.3. The van der Waals surface area contributed by atoms with E-state index in [1.54, 1.807) is 29.1 Å². The van der Waals surface area contributed by atoms with Crippen LogP contribution in [0.5, 0.6) is 0 Å². The minimum atomic E-state index is -0.599. The maximum Gasteiger partial charge on any atom is 0.339 e. The molecule has 3 rings (SSSR count). The van der Waals surface area contributed by atoms with E-state index in [0.29, 0.717) is 35.4 Å². The Morgan fingerprint density at radius 3 is 2.45 bits per heavy atom. The zero-order chi connectivity index (χ0) is 22.4. The van der Waals surface area contributed by atoms with E-state index in [2.05, 4.69) is 18.3 Å². The van der Waals surface area contributed by atoms with E-state index in [1.165, 1.54) is 4.90 Å². The molecule has 2 aromatic heterocycles. The summed E-state index contributed by atoms with van der Waals surface area (Å²) < 4.78 is 7.13. The number of carbonyl (C=O) groups excluding carboxylic acids is 2. The van der Waals surface area contributed by atoms with Gasteiger partial charge in [-0.15, -0.1) is 13.2 Å². The van der Waals surface area contributed by atoms with Gasteiger partial charge in [-0.25, -0.2) is 14.5 Å². The fourth-order valence-electron chi connectivity index (χ4n) is 3.21. The molecule has 0 saturated heterocycles. The van der Waals surface area contributed by atoms with Crippen LogP contribution in [-0.2, 0) is 9.53 Å². The topological polar surface area (TPSA) is 77.3 Å². The smallest absolute Gasteiger partial charge is 0.339 e. The molecule has 0 aliphatic heterocycles. The summed E-state index contributed by atoms with van der Waals surface area (Å²) in [5.74, 6) is -0.919. The van der Waals surface area contributed by atoms with Crippen LogP contribution < -0.4 is 0 Å². The van der Waals surface area contributed by atoms with Crippen molar-refractivity contribution in [2.45, 2.75) is 19.9 Å². The predicted octanol–water partition coefficient (Wildman–Crippen LogP) is 4.04. The Kier molecular flexibility index (Phi) is 6.97. The molecule has 0 N–H and O–H groups in total. The van der Waals surface area contributed by atoms with E-state index in [0.717, 1.165) is 5.56 Å². The highest BCUT2D eigenvalue weighted by Gasteiger charge is 2.21. The molecule has 31 heavy (non-hydrogen) atoms. The molecule has 7 nitrogen and oxygen atoms in total. The van der Waals surface area contributed by atoms with E-state index >= 15 is 0 Å². The van der Waals surface area contributed by atoms with E-state index in [4.69, 9.17) is 9.72 Å². The molecule has 0 aliphatic rings. The van der Waals surface area contributed by atoms with Crippen LogP contribution in [0, 0.1) is 0 Å². The van der Waals surface area contributed by atoms with Gasteiger partial charge in [0.05, 0.1) is 22.8 Å². The van der Waals surface area contributed by atoms with Crippen LogP contribution in [-0.4, -0.2) is 51.2 Å². The predicted molar refractivity (Wildman–Crippen MR) is 121 cm³/mol. The first kappa shape index (κ1) is 22.0. The summed E-state index contributed by atoms with van der Waals surface area (Å²) in [6.45, 7) is 11.6. The monoisotopic (exact) mass is 418 g/mol. The van der Waals surface area contributed by atoms with E-state index in [1.807, 2.05) is 44.2 Å². The molecule has 0 saturated carbocycles. The largest absolute Gasteiger partial charge is 0.452 e. The molecular formula is C24H26N4O3. The number of amides is 1. The Morgan fingerprint density at radius 1 is 1.16 bits per heavy atom. The first-order valence-electron chi connectivity index (χ1n) is 10.1. The average molecular weight is 418 g/mol. The van der Waals surface area contributed by atoms with Crippen LogP contribution in [0.3, 0.4) is 0 Å². The second-order valence-corrected chi connectivity index (χ2v) is 7.29. The first-order chi connectivity index (χ1) is 15.0. The Labute approximate surface area is 181 Å². The summed E-state index contributed by atoms with van der Waals surface area (Å²) in [7, 11) is 0. The Morgan fingerprint density at radius 2 is 1.84 bits per heavy atom. The van der Waals surface area contributed by atoms with Crippen molar-refractivity contribution in [3.05, 3.63) is 73.5 Å². The lowest BCUT2D eigenvalue weighted by Gasteiger charge is -2.19. The van der Waals surface area contributed by atoms with Crippen LogP contribution in [0.4, 0.5) is 0 Å². The number of hydrogen-bond acceptors (Lipinski definition) is 5. The Bertz CT molecular complexity index is 1090. The molecule has 7 heteroatoms. The minimum absolute atomic E-state index is 0.0628. The van der Waals surface area contributed by atoms with Crippen molar-refractivity contribution >= 4 is 22.9 Å². The standard InChI is InChI=1S/C24H26N4O3/c1-5-12-27(13-6-2)22(29)16-31-24(30)19-14-21(18-10-8-7-9-11-18)26-23-20(19)15-25-28(23)17(3)4/h5-11,14-15,17H,1-2,12-13,16H2,3-4H3. The number of ether oxygens (including phenoxy) is 1. The summed E-state index contributed by atoms with van der Waals surface area (Å²) >= 11 is 0. The molecule has 0 aliphatic carbocycles. The zero-order valence-corrected chi connectivity index (χ0v) is 17.8. The maximum atomic E-state index is 13.0. The molecule has 2 heterocycles. The van der Waals surface area contributed by atoms with Crippen LogP contribution in [0.1, 0.15) is 30.2 Å². The van der Waals surface area contributed by atoms with Gasteiger partial charge in [0.1, 0.15) is 0 Å². The van der Waals surface area contributed by atoms with Gasteiger partial charge in [-0.3, -0.25) is 4.79 Å². The van der Waals surface area contributed by atoms with Crippen LogP contribution in [0.25, 0.3) is 22.3 Å². The third kappa shape index (κ3) is 4.88. The van der Waals surface area contributed by atoms with Crippen molar-refractivity contribution < 1.29 is 14.3 Å². The first-order valence-corrected chi connectivity index (χ1v) is 10.1. The number of esters is 1. The van der Waals surface area contributed by atoms with Crippen molar-refractivity contribution in [2.75, 3.05) is 19.7 Å². The lowest BCUT2D eigenvalue weighted by Crippen LogP contribution is -2.35. The third-order valence-corrected chi connectivity index (χ3v) is 4.72. The van der Waals surface area contributed by atoms with Gasteiger partial charge in [0.25, 0.3) is 5.91 Å². The third-order valence-electron chi connectivity index (χ3n) is 4.72. The minimum Gasteiger partial charge on any atom is -0.452 e. The van der Waals surface area contributed by atoms with Crippen molar-refractivity contribution in [3.8, 4) is 11.3 Å². The lowest BCUT2D eigenvalue weighted by molar-refractivity contribution is -0.133. The van der Waals surface area contributed by atoms with Crippen molar-refractivity contribution in [1.82, 2.24) is 19.7 Å². The highest BCUT2D eigenvalue weighted by molar-refractivity contribution is 6.04. The van der Waals surface area contributed by atoms with Gasteiger partial charge in [0, 0.05) is 24.7 Å². The van der Waals surface area contributed by atoms with E-state index in [9.17, 15) is 9.59 Å². The molecule has 1 aromatic carbocycles. The van der Waals surface area contributed by atoms with Crippen molar-refractivity contribution in [3.63, 3.8) is 0 Å². The van der Waals surface area contributed by atoms with Gasteiger partial charge >= 0.3 is 5.97 Å². The molecular weight excluding hydrogens is 392 g/mol. The number of aromatic nitrogens is 3. The number of rotatable bonds is 9. The van der Waals surface area contributed by atoms with Crippen molar-refractivity contribution in [1.29, 1.82) is 0 Å². The maximum absolute atomic E-state index is 13.0. The molecule has 160 valence electrons. The molecule has 1 amide bonds. The Balaban J connectivity index is 1.94. The highest BCUT2D eigenvalue weighted by atomic mass is 16.5. The zero-order valence-electron chi connectivity index (χ0n) is 17.8. The fraction of sp³-hybridized carbons (Fsp3) is 0.250. The summed E-state index contributed by atoms with van der Waals surface area (Å²) in [4.78, 5) is 31.6. The van der Waals surface area contributed by atoms with Crippen LogP contribution in [0.15, 0.2) is 67.9 Å². The van der Waals surface area contributed by atoms with Gasteiger partial charge < -0.3 is 9.64 Å². The fourth-order valence-corrected chi connectivity index (χ4v) is 3.21. The number of benzene rings is 1. The lowest BCUT2D eigenvalue weighted by atomic mass is 10.1. The molecule has 0 fully saturated rings. The van der Waals surface area contributed by atoms with Crippen LogP contribution in [0.2, 0.25) is 0 Å². The normalized spacial score (nSPS) is 10.8. The summed E-state index contributed by atoms with van der Waals surface area (Å²) in [6.07, 6.45) is 4.83. The number of carbonyl (C=O) groups is 2. The molecule has 3 aromatic rings. The number of nitrogens with zero attached hydrogens (tertiary/aromatic N) is 4. The van der Waals surface area contributed by atoms with Gasteiger partial charge in [-0.05, 0) is 19.9 Å². The SMILES string of the molecule is C=CCN(CC=C)C(=O)COC(=O)c1cc(-c2ccccc2)nc2c1cnn2C(C)C. The van der Waals surface area contributed by atoms with Crippen molar-refractivity contribution in [2.24, 2.45) is 0 Å². The second-order valence-electron chi connectivity index (χ2n) is 7.29. The van der Waals surface area contributed by atoms with Crippen LogP contribution >= 0.6 is 0 Å². The molecule has 0 bridgehead atoms. The Hall–Kier alpha value is -3.74. The quantitative estimate of drug-likeness (QED) is 0.387. The number of fused-ring (bicyclic) bond motifs is 1. The summed E-state index contributed by atoms with van der Waals surface area (Å²) in [5, 5.41) is 4.98. The van der Waals surface area contributed by atoms with E-state index in [-0.39, 0.29) is 18.6 Å². The highest BCUT2D eigenvalue weighted by Crippen LogP contribution is 2.26. The van der Waals surface area contributed by atoms with Gasteiger partial charge in [-0.2, -0.15) is 5.10 Å². The molecule has 0 atom stereocenters. The summed E-state index contributed by atoms with van der Waals surface area (Å²) in [5.41, 5.74) is 2.42. The second kappa shape index (κ2) is 9.84. The average Bonchev–Trinajstić information content (AvgIpc) is 3.21. The number of pyridine rings is 1. The molecule has 0 spiro atoms. The van der Waals surface area contributed by atoms with E-state index < -0.39 is 5.97 Å².